The monoisotopic (exact) mass is 392 g/mol. The van der Waals surface area contributed by atoms with Gasteiger partial charge in [-0.15, -0.1) is 0 Å². The van der Waals surface area contributed by atoms with Crippen LogP contribution in [-0.4, -0.2) is 43.4 Å². The normalized spacial score (nSPS) is 22.7. The Morgan fingerprint density at radius 3 is 3.04 bits per heavy atom. The van der Waals surface area contributed by atoms with E-state index in [1.165, 1.54) is 12.1 Å². The van der Waals surface area contributed by atoms with Crippen molar-refractivity contribution in [2.45, 2.75) is 12.2 Å². The number of hydrogen-bond acceptors (Lipinski definition) is 7. The summed E-state index contributed by atoms with van der Waals surface area (Å²) in [6, 6.07) is 8.27. The van der Waals surface area contributed by atoms with Gasteiger partial charge in [-0.1, -0.05) is 17.7 Å². The molecule has 2 N–H and O–H groups in total. The molecular formula is C18H18ClFN4O3. The van der Waals surface area contributed by atoms with Crippen molar-refractivity contribution in [3.05, 3.63) is 58.5 Å². The highest BCUT2D eigenvalue weighted by molar-refractivity contribution is 6.30. The van der Waals surface area contributed by atoms with Crippen LogP contribution in [0, 0.1) is 5.82 Å². The molecule has 3 heterocycles. The highest BCUT2D eigenvalue weighted by Gasteiger charge is 2.30. The van der Waals surface area contributed by atoms with Gasteiger partial charge in [0.1, 0.15) is 18.0 Å². The lowest BCUT2D eigenvalue weighted by atomic mass is 10.0. The number of hydrogen-bond donors (Lipinski definition) is 2. The number of pyridine rings is 1. The molecule has 1 aromatic heterocycles. The van der Waals surface area contributed by atoms with E-state index in [0.29, 0.717) is 42.5 Å². The van der Waals surface area contributed by atoms with Gasteiger partial charge in [0.05, 0.1) is 17.2 Å². The number of benzene rings is 1. The zero-order chi connectivity index (χ0) is 18.6. The van der Waals surface area contributed by atoms with Gasteiger partial charge < -0.3 is 14.8 Å². The Hall–Kier alpha value is -2.26. The molecule has 2 atom stereocenters. The first-order valence-corrected chi connectivity index (χ1v) is 8.92. The SMILES string of the molecule is Fc1cc([C@@H]2OCCNC[C@@H]2Oc2ncccc2C2=NCON2)ccc1Cl. The maximum Gasteiger partial charge on any atom is 0.224 e. The smallest absolute Gasteiger partial charge is 0.224 e. The quantitative estimate of drug-likeness (QED) is 0.831. The minimum atomic E-state index is -0.492. The van der Waals surface area contributed by atoms with Gasteiger partial charge in [-0.25, -0.2) is 19.8 Å². The number of ether oxygens (including phenoxy) is 2. The van der Waals surface area contributed by atoms with Gasteiger partial charge in [-0.3, -0.25) is 4.84 Å². The Morgan fingerprint density at radius 2 is 2.22 bits per heavy atom. The molecule has 0 amide bonds. The first-order chi connectivity index (χ1) is 13.2. The zero-order valence-corrected chi connectivity index (χ0v) is 15.1. The Bertz CT molecular complexity index is 851. The highest BCUT2D eigenvalue weighted by atomic mass is 35.5. The van der Waals surface area contributed by atoms with Gasteiger partial charge in [-0.2, -0.15) is 0 Å². The summed E-state index contributed by atoms with van der Waals surface area (Å²) in [5, 5.41) is 3.33. The van der Waals surface area contributed by atoms with Crippen LogP contribution in [-0.2, 0) is 9.57 Å². The van der Waals surface area contributed by atoms with Gasteiger partial charge in [0.15, 0.2) is 12.6 Å². The minimum Gasteiger partial charge on any atom is -0.469 e. The second kappa shape index (κ2) is 8.18. The number of aliphatic imine (C=N–C) groups is 1. The molecule has 0 unspecified atom stereocenters. The largest absolute Gasteiger partial charge is 0.469 e. The van der Waals surface area contributed by atoms with Crippen LogP contribution in [0.15, 0.2) is 41.5 Å². The molecule has 0 bridgehead atoms. The number of nitrogens with zero attached hydrogens (tertiary/aromatic N) is 2. The Labute approximate surface area is 160 Å². The van der Waals surface area contributed by atoms with Crippen molar-refractivity contribution in [1.29, 1.82) is 0 Å². The average molecular weight is 393 g/mol. The Balaban J connectivity index is 1.63. The maximum absolute atomic E-state index is 14.0. The van der Waals surface area contributed by atoms with Crippen LogP contribution in [0.25, 0.3) is 0 Å². The van der Waals surface area contributed by atoms with Crippen LogP contribution in [0.1, 0.15) is 17.2 Å². The predicted octanol–water partition coefficient (Wildman–Crippen LogP) is 2.22. The molecule has 0 saturated carbocycles. The fourth-order valence-corrected chi connectivity index (χ4v) is 3.12. The van der Waals surface area contributed by atoms with E-state index in [9.17, 15) is 4.39 Å². The molecule has 27 heavy (non-hydrogen) atoms. The molecule has 0 aliphatic carbocycles. The number of aromatic nitrogens is 1. The molecule has 7 nitrogen and oxygen atoms in total. The van der Waals surface area contributed by atoms with Gasteiger partial charge in [0.2, 0.25) is 5.88 Å². The summed E-state index contributed by atoms with van der Waals surface area (Å²) in [6.45, 7) is 1.89. The molecule has 2 aliphatic rings. The van der Waals surface area contributed by atoms with Crippen LogP contribution in [0.4, 0.5) is 4.39 Å². The average Bonchev–Trinajstić information content (AvgIpc) is 3.12. The lowest BCUT2D eigenvalue weighted by molar-refractivity contribution is -0.0103. The number of hydroxylamine groups is 1. The molecule has 2 aromatic rings. The van der Waals surface area contributed by atoms with Crippen LogP contribution in [0.2, 0.25) is 5.02 Å². The van der Waals surface area contributed by atoms with E-state index in [0.717, 1.165) is 0 Å². The fraction of sp³-hybridized carbons (Fsp3) is 0.333. The number of amidine groups is 1. The standard InChI is InChI=1S/C18H18ClFN4O3/c19-13-4-3-11(8-14(13)20)16-15(9-21-6-7-25-16)27-18-12(2-1-5-22-18)17-23-10-26-24-17/h1-5,8,15-16,21H,6-7,9-10H2,(H,23,24)/t15-,16-/m0/s1. The molecule has 0 radical (unpaired) electrons. The third-order valence-corrected chi connectivity index (χ3v) is 4.58. The van der Waals surface area contributed by atoms with Crippen molar-refractivity contribution in [1.82, 2.24) is 15.8 Å². The first-order valence-electron chi connectivity index (χ1n) is 8.54. The molecule has 9 heteroatoms. The Kier molecular flexibility index (Phi) is 5.49. The van der Waals surface area contributed by atoms with Crippen LogP contribution in [0.3, 0.4) is 0 Å². The zero-order valence-electron chi connectivity index (χ0n) is 14.3. The van der Waals surface area contributed by atoms with E-state index in [1.54, 1.807) is 18.3 Å². The molecule has 142 valence electrons. The van der Waals surface area contributed by atoms with Crippen molar-refractivity contribution < 1.29 is 18.7 Å². The van der Waals surface area contributed by atoms with Crippen LogP contribution < -0.4 is 15.5 Å². The predicted molar refractivity (Wildman–Crippen MR) is 97.3 cm³/mol. The van der Waals surface area contributed by atoms with Crippen molar-refractivity contribution >= 4 is 17.4 Å². The minimum absolute atomic E-state index is 0.0697. The first kappa shape index (κ1) is 18.1. The summed E-state index contributed by atoms with van der Waals surface area (Å²) in [7, 11) is 0. The molecule has 4 rings (SSSR count). The molecule has 0 spiro atoms. The van der Waals surface area contributed by atoms with E-state index in [4.69, 9.17) is 25.9 Å². The molecule has 2 aliphatic heterocycles. The molecule has 1 saturated heterocycles. The van der Waals surface area contributed by atoms with Crippen molar-refractivity contribution in [3.8, 4) is 5.88 Å². The topological polar surface area (TPSA) is 77.0 Å². The molecule has 1 aromatic carbocycles. The molecular weight excluding hydrogens is 375 g/mol. The number of nitrogens with one attached hydrogen (secondary N) is 2. The molecule has 1 fully saturated rings. The summed E-state index contributed by atoms with van der Waals surface area (Å²) in [6.07, 6.45) is 0.734. The third-order valence-electron chi connectivity index (χ3n) is 4.28. The number of halogens is 2. The van der Waals surface area contributed by atoms with Gasteiger partial charge in [0.25, 0.3) is 0 Å². The third kappa shape index (κ3) is 4.03. The maximum atomic E-state index is 14.0. The highest BCUT2D eigenvalue weighted by Crippen LogP contribution is 2.29. The summed E-state index contributed by atoms with van der Waals surface area (Å²) < 4.78 is 26.1. The van der Waals surface area contributed by atoms with Crippen molar-refractivity contribution in [3.63, 3.8) is 0 Å². The summed E-state index contributed by atoms with van der Waals surface area (Å²) in [5.41, 5.74) is 4.07. The lowest BCUT2D eigenvalue weighted by Gasteiger charge is -2.26. The lowest BCUT2D eigenvalue weighted by Crippen LogP contribution is -2.35. The Morgan fingerprint density at radius 1 is 1.30 bits per heavy atom. The summed E-state index contributed by atoms with van der Waals surface area (Å²) in [5.74, 6) is 0.453. The van der Waals surface area contributed by atoms with Gasteiger partial charge >= 0.3 is 0 Å². The second-order valence-corrected chi connectivity index (χ2v) is 6.47. The van der Waals surface area contributed by atoms with Crippen molar-refractivity contribution in [2.24, 2.45) is 4.99 Å². The van der Waals surface area contributed by atoms with E-state index in [1.807, 2.05) is 6.07 Å². The van der Waals surface area contributed by atoms with Crippen LogP contribution in [0.5, 0.6) is 5.88 Å². The van der Waals surface area contributed by atoms with E-state index < -0.39 is 18.0 Å². The fourth-order valence-electron chi connectivity index (χ4n) is 3.00. The number of rotatable bonds is 4. The summed E-state index contributed by atoms with van der Waals surface area (Å²) in [4.78, 5) is 13.6. The summed E-state index contributed by atoms with van der Waals surface area (Å²) >= 11 is 5.81. The second-order valence-electron chi connectivity index (χ2n) is 6.06. The van der Waals surface area contributed by atoms with Crippen molar-refractivity contribution in [2.75, 3.05) is 26.4 Å². The van der Waals surface area contributed by atoms with Crippen LogP contribution >= 0.6 is 11.6 Å². The van der Waals surface area contributed by atoms with E-state index >= 15 is 0 Å². The van der Waals surface area contributed by atoms with Gasteiger partial charge in [0, 0.05) is 19.3 Å². The van der Waals surface area contributed by atoms with E-state index in [-0.39, 0.29) is 11.8 Å². The van der Waals surface area contributed by atoms with E-state index in [2.05, 4.69) is 20.8 Å². The van der Waals surface area contributed by atoms with Gasteiger partial charge in [-0.05, 0) is 29.8 Å².